The highest BCUT2D eigenvalue weighted by Crippen LogP contribution is 2.28. The first kappa shape index (κ1) is 14.4. The number of nitrogens with zero attached hydrogens (tertiary/aromatic N) is 2. The topological polar surface area (TPSA) is 33.2 Å². The molecular formula is C15H22N2OS. The van der Waals surface area contributed by atoms with Gasteiger partial charge in [-0.2, -0.15) is 0 Å². The van der Waals surface area contributed by atoms with Crippen LogP contribution in [0, 0.1) is 12.8 Å². The van der Waals surface area contributed by atoms with Crippen LogP contribution < -0.4 is 0 Å². The van der Waals surface area contributed by atoms with E-state index in [4.69, 9.17) is 0 Å². The van der Waals surface area contributed by atoms with Gasteiger partial charge in [0.1, 0.15) is 0 Å². The molecule has 0 atom stereocenters. The highest BCUT2D eigenvalue weighted by Gasteiger charge is 2.32. The zero-order valence-corrected chi connectivity index (χ0v) is 12.7. The largest absolute Gasteiger partial charge is 0.339 e. The first-order valence-corrected chi connectivity index (χ1v) is 7.89. The molecule has 1 fully saturated rings. The Balaban J connectivity index is 1.86. The first-order chi connectivity index (χ1) is 9.06. The van der Waals surface area contributed by atoms with Crippen LogP contribution in [0.1, 0.15) is 32.3 Å². The van der Waals surface area contributed by atoms with Crippen LogP contribution in [0.15, 0.2) is 23.4 Å². The molecule has 0 aromatic carbocycles. The monoisotopic (exact) mass is 278 g/mol. The minimum atomic E-state index is 0.253. The lowest BCUT2D eigenvalue weighted by Gasteiger charge is -2.24. The van der Waals surface area contributed by atoms with Crippen molar-refractivity contribution in [2.24, 2.45) is 5.92 Å². The number of amides is 1. The maximum absolute atomic E-state index is 12.3. The lowest BCUT2D eigenvalue weighted by molar-refractivity contribution is -0.129. The van der Waals surface area contributed by atoms with Crippen molar-refractivity contribution >= 4 is 17.7 Å². The second kappa shape index (κ2) is 6.42. The number of hydrogen-bond acceptors (Lipinski definition) is 3. The summed E-state index contributed by atoms with van der Waals surface area (Å²) in [6.07, 6.45) is 4.19. The maximum Gasteiger partial charge on any atom is 0.233 e. The molecule has 1 aromatic heterocycles. The fourth-order valence-electron chi connectivity index (χ4n) is 1.99. The van der Waals surface area contributed by atoms with Crippen molar-refractivity contribution < 1.29 is 4.79 Å². The van der Waals surface area contributed by atoms with Crippen LogP contribution >= 0.6 is 11.8 Å². The van der Waals surface area contributed by atoms with Crippen molar-refractivity contribution in [3.63, 3.8) is 0 Å². The van der Waals surface area contributed by atoms with E-state index in [-0.39, 0.29) is 5.91 Å². The van der Waals surface area contributed by atoms with E-state index in [1.165, 1.54) is 24.6 Å². The van der Waals surface area contributed by atoms with E-state index < -0.39 is 0 Å². The van der Waals surface area contributed by atoms with E-state index >= 15 is 0 Å². The highest BCUT2D eigenvalue weighted by atomic mass is 32.2. The average molecular weight is 278 g/mol. The summed E-state index contributed by atoms with van der Waals surface area (Å²) in [5.74, 6) is 1.29. The summed E-state index contributed by atoms with van der Waals surface area (Å²) < 4.78 is 0. The Kier molecular flexibility index (Phi) is 4.86. The summed E-state index contributed by atoms with van der Waals surface area (Å²) in [7, 11) is 0. The average Bonchev–Trinajstić information content (AvgIpc) is 3.19. The van der Waals surface area contributed by atoms with Crippen molar-refractivity contribution in [2.45, 2.75) is 44.7 Å². The van der Waals surface area contributed by atoms with Crippen molar-refractivity contribution in [1.82, 2.24) is 9.88 Å². The van der Waals surface area contributed by atoms with Gasteiger partial charge in [0.25, 0.3) is 0 Å². The number of pyridine rings is 1. The van der Waals surface area contributed by atoms with E-state index in [0.29, 0.717) is 17.7 Å². The summed E-state index contributed by atoms with van der Waals surface area (Å²) in [5, 5.41) is 0.930. The molecule has 0 unspecified atom stereocenters. The molecule has 4 heteroatoms. The molecule has 1 aliphatic carbocycles. The third-order valence-electron chi connectivity index (χ3n) is 3.10. The number of thioether (sulfide) groups is 1. The smallest absolute Gasteiger partial charge is 0.233 e. The van der Waals surface area contributed by atoms with Gasteiger partial charge in [0.15, 0.2) is 0 Å². The molecule has 0 spiro atoms. The zero-order chi connectivity index (χ0) is 13.8. The number of hydrogen-bond donors (Lipinski definition) is 0. The first-order valence-electron chi connectivity index (χ1n) is 6.91. The van der Waals surface area contributed by atoms with Gasteiger partial charge in [0.05, 0.1) is 10.8 Å². The number of carbonyl (C=O) groups excluding carboxylic acids is 1. The summed E-state index contributed by atoms with van der Waals surface area (Å²) in [5.41, 5.74) is 1.15. The molecule has 1 saturated carbocycles. The van der Waals surface area contributed by atoms with Gasteiger partial charge in [-0.15, -0.1) is 0 Å². The van der Waals surface area contributed by atoms with Crippen molar-refractivity contribution in [1.29, 1.82) is 0 Å². The molecule has 1 amide bonds. The minimum absolute atomic E-state index is 0.253. The zero-order valence-electron chi connectivity index (χ0n) is 11.9. The van der Waals surface area contributed by atoms with Crippen molar-refractivity contribution in [3.8, 4) is 0 Å². The Hall–Kier alpha value is -1.03. The van der Waals surface area contributed by atoms with Crippen LogP contribution in [0.3, 0.4) is 0 Å². The van der Waals surface area contributed by atoms with Crippen LogP contribution in [-0.4, -0.2) is 34.1 Å². The molecule has 0 aliphatic heterocycles. The van der Waals surface area contributed by atoms with Crippen LogP contribution in [0.4, 0.5) is 0 Å². The van der Waals surface area contributed by atoms with Crippen LogP contribution in [-0.2, 0) is 4.79 Å². The van der Waals surface area contributed by atoms with Gasteiger partial charge in [-0.1, -0.05) is 31.7 Å². The van der Waals surface area contributed by atoms with Crippen molar-refractivity contribution in [2.75, 3.05) is 12.3 Å². The van der Waals surface area contributed by atoms with Gasteiger partial charge in [0.2, 0.25) is 5.91 Å². The second-order valence-corrected chi connectivity index (χ2v) is 6.63. The number of rotatable bonds is 6. The molecule has 0 radical (unpaired) electrons. The number of aromatic nitrogens is 1. The Morgan fingerprint density at radius 1 is 1.47 bits per heavy atom. The second-order valence-electron chi connectivity index (χ2n) is 5.63. The number of aryl methyl sites for hydroxylation is 1. The SMILES string of the molecule is Cc1ccc(SCC(=O)N(CC(C)C)C2CC2)nc1. The molecule has 1 heterocycles. The Morgan fingerprint density at radius 3 is 2.74 bits per heavy atom. The van der Waals surface area contributed by atoms with E-state index in [9.17, 15) is 4.79 Å². The Morgan fingerprint density at radius 2 is 2.21 bits per heavy atom. The van der Waals surface area contributed by atoms with E-state index in [2.05, 4.69) is 23.7 Å². The molecule has 19 heavy (non-hydrogen) atoms. The Labute approximate surface area is 119 Å². The predicted octanol–water partition coefficient (Wildman–Crippen LogP) is 3.13. The lowest BCUT2D eigenvalue weighted by atomic mass is 10.2. The molecular weight excluding hydrogens is 256 g/mol. The third kappa shape index (κ3) is 4.53. The quantitative estimate of drug-likeness (QED) is 0.750. The molecule has 0 saturated heterocycles. The minimum Gasteiger partial charge on any atom is -0.339 e. The van der Waals surface area contributed by atoms with Gasteiger partial charge >= 0.3 is 0 Å². The van der Waals surface area contributed by atoms with Crippen LogP contribution in [0.2, 0.25) is 0 Å². The van der Waals surface area contributed by atoms with Gasteiger partial charge in [-0.05, 0) is 37.3 Å². The summed E-state index contributed by atoms with van der Waals surface area (Å²) in [4.78, 5) is 18.7. The lowest BCUT2D eigenvalue weighted by Crippen LogP contribution is -2.37. The highest BCUT2D eigenvalue weighted by molar-refractivity contribution is 7.99. The van der Waals surface area contributed by atoms with Crippen LogP contribution in [0.5, 0.6) is 0 Å². The van der Waals surface area contributed by atoms with Gasteiger partial charge in [-0.3, -0.25) is 4.79 Å². The molecule has 3 nitrogen and oxygen atoms in total. The molecule has 0 bridgehead atoms. The predicted molar refractivity (Wildman–Crippen MR) is 79.3 cm³/mol. The number of carbonyl (C=O) groups is 1. The van der Waals surface area contributed by atoms with E-state index in [1.54, 1.807) is 0 Å². The summed E-state index contributed by atoms with van der Waals surface area (Å²) in [6.45, 7) is 7.23. The van der Waals surface area contributed by atoms with E-state index in [1.807, 2.05) is 25.3 Å². The van der Waals surface area contributed by atoms with Crippen LogP contribution in [0.25, 0.3) is 0 Å². The Bertz CT molecular complexity index is 426. The molecule has 104 valence electrons. The van der Waals surface area contributed by atoms with Gasteiger partial charge in [0, 0.05) is 18.8 Å². The molecule has 0 N–H and O–H groups in total. The van der Waals surface area contributed by atoms with Gasteiger partial charge in [-0.25, -0.2) is 4.98 Å². The fraction of sp³-hybridized carbons (Fsp3) is 0.600. The van der Waals surface area contributed by atoms with E-state index in [0.717, 1.165) is 17.1 Å². The maximum atomic E-state index is 12.3. The fourth-order valence-corrected chi connectivity index (χ4v) is 2.72. The molecule has 1 aromatic rings. The molecule has 1 aliphatic rings. The third-order valence-corrected chi connectivity index (χ3v) is 4.03. The van der Waals surface area contributed by atoms with Crippen molar-refractivity contribution in [3.05, 3.63) is 23.9 Å². The molecule has 2 rings (SSSR count). The van der Waals surface area contributed by atoms with Gasteiger partial charge < -0.3 is 4.90 Å². The normalized spacial score (nSPS) is 14.7. The standard InChI is InChI=1S/C15H22N2OS/c1-11(2)9-17(13-5-6-13)15(18)10-19-14-7-4-12(3)8-16-14/h4,7-8,11,13H,5-6,9-10H2,1-3H3. The summed E-state index contributed by atoms with van der Waals surface area (Å²) >= 11 is 1.54. The summed E-state index contributed by atoms with van der Waals surface area (Å²) in [6, 6.07) is 4.52.